The number of imidazole rings is 1. The van der Waals surface area contributed by atoms with Crippen molar-refractivity contribution >= 4 is 17.4 Å². The van der Waals surface area contributed by atoms with E-state index in [9.17, 15) is 0 Å². The number of anilines is 2. The summed E-state index contributed by atoms with van der Waals surface area (Å²) in [6, 6.07) is 5.92. The lowest BCUT2D eigenvalue weighted by molar-refractivity contribution is 0.174. The molecule has 0 amide bonds. The van der Waals surface area contributed by atoms with E-state index in [0.717, 1.165) is 39.8 Å². The predicted octanol–water partition coefficient (Wildman–Crippen LogP) is 2.59. The van der Waals surface area contributed by atoms with Crippen molar-refractivity contribution < 1.29 is 9.47 Å². The van der Waals surface area contributed by atoms with Gasteiger partial charge in [0.05, 0.1) is 6.20 Å². The molecule has 3 aromatic heterocycles. The average Bonchev–Trinajstić information content (AvgIpc) is 3.36. The Balaban J connectivity index is 1.49. The van der Waals surface area contributed by atoms with Crippen LogP contribution in [0.3, 0.4) is 0 Å². The Kier molecular flexibility index (Phi) is 4.12. The van der Waals surface area contributed by atoms with Gasteiger partial charge in [-0.3, -0.25) is 9.38 Å². The second kappa shape index (κ2) is 6.93. The van der Waals surface area contributed by atoms with Crippen molar-refractivity contribution in [2.75, 3.05) is 31.1 Å². The van der Waals surface area contributed by atoms with Crippen molar-refractivity contribution in [3.63, 3.8) is 0 Å². The summed E-state index contributed by atoms with van der Waals surface area (Å²) < 4.78 is 12.8. The van der Waals surface area contributed by atoms with Crippen LogP contribution in [0.15, 0.2) is 49.2 Å². The fraction of sp³-hybridized carbons (Fsp3) is 0.200. The fourth-order valence-corrected chi connectivity index (χ4v) is 3.19. The second-order valence-electron chi connectivity index (χ2n) is 6.82. The van der Waals surface area contributed by atoms with Crippen LogP contribution in [0.2, 0.25) is 0 Å². The molecule has 1 N–H and O–H groups in total. The Hall–Kier alpha value is -3.88. The van der Waals surface area contributed by atoms with Gasteiger partial charge in [0, 0.05) is 51.0 Å². The van der Waals surface area contributed by atoms with E-state index < -0.39 is 0 Å². The first-order valence-electron chi connectivity index (χ1n) is 9.13. The first-order valence-corrected chi connectivity index (χ1v) is 9.13. The number of fused-ring (bicyclic) bond motifs is 2. The molecule has 4 heterocycles. The first kappa shape index (κ1) is 17.2. The average molecular weight is 389 g/mol. The minimum Gasteiger partial charge on any atom is -0.454 e. The standard InChI is InChI=1S/C20H19N7O2/c1-26(2)20-23-9-14(10-24-20)18-19(27-6-5-21-11-17(27)25-18)22-8-13-3-4-15-16(7-13)29-12-28-15/h3-7,9-11,22H,8,12H2,1-2H3. The summed E-state index contributed by atoms with van der Waals surface area (Å²) in [6.07, 6.45) is 8.90. The number of nitrogens with zero attached hydrogens (tertiary/aromatic N) is 6. The number of hydrogen-bond acceptors (Lipinski definition) is 8. The maximum absolute atomic E-state index is 5.47. The molecule has 9 heteroatoms. The molecule has 1 aliphatic heterocycles. The summed E-state index contributed by atoms with van der Waals surface area (Å²) in [5.74, 6) is 3.03. The highest BCUT2D eigenvalue weighted by atomic mass is 16.7. The van der Waals surface area contributed by atoms with Crippen LogP contribution in [0, 0.1) is 0 Å². The number of aromatic nitrogens is 5. The normalized spacial score (nSPS) is 12.3. The van der Waals surface area contributed by atoms with Gasteiger partial charge in [0.25, 0.3) is 0 Å². The van der Waals surface area contributed by atoms with Crippen molar-refractivity contribution in [2.24, 2.45) is 0 Å². The molecule has 1 aliphatic rings. The van der Waals surface area contributed by atoms with Crippen molar-refractivity contribution in [3.8, 4) is 22.8 Å². The van der Waals surface area contributed by atoms with Gasteiger partial charge in [0.15, 0.2) is 17.1 Å². The SMILES string of the molecule is CN(C)c1ncc(-c2nc3cnccn3c2NCc2ccc3c(c2)OCO3)cn1. The Morgan fingerprint density at radius 3 is 2.76 bits per heavy atom. The van der Waals surface area contributed by atoms with Gasteiger partial charge in [0.2, 0.25) is 12.7 Å². The number of rotatable bonds is 5. The smallest absolute Gasteiger partial charge is 0.231 e. The summed E-state index contributed by atoms with van der Waals surface area (Å²) in [5, 5.41) is 3.49. The first-order chi connectivity index (χ1) is 14.2. The lowest BCUT2D eigenvalue weighted by Gasteiger charge is -2.11. The van der Waals surface area contributed by atoms with E-state index in [1.807, 2.05) is 47.8 Å². The van der Waals surface area contributed by atoms with Gasteiger partial charge >= 0.3 is 0 Å². The van der Waals surface area contributed by atoms with Gasteiger partial charge in [-0.2, -0.15) is 0 Å². The van der Waals surface area contributed by atoms with Crippen molar-refractivity contribution in [2.45, 2.75) is 6.54 Å². The van der Waals surface area contributed by atoms with E-state index in [4.69, 9.17) is 14.5 Å². The highest BCUT2D eigenvalue weighted by Gasteiger charge is 2.17. The molecule has 0 spiro atoms. The summed E-state index contributed by atoms with van der Waals surface area (Å²) in [4.78, 5) is 19.6. The summed E-state index contributed by atoms with van der Waals surface area (Å²) in [5.41, 5.74) is 3.41. The van der Waals surface area contributed by atoms with Gasteiger partial charge in [-0.05, 0) is 17.7 Å². The van der Waals surface area contributed by atoms with Crippen molar-refractivity contribution in [1.82, 2.24) is 24.3 Å². The molecule has 9 nitrogen and oxygen atoms in total. The number of benzene rings is 1. The summed E-state index contributed by atoms with van der Waals surface area (Å²) in [6.45, 7) is 0.857. The van der Waals surface area contributed by atoms with Gasteiger partial charge in [-0.25, -0.2) is 15.0 Å². The molecule has 1 aromatic carbocycles. The molecular weight excluding hydrogens is 370 g/mol. The Morgan fingerprint density at radius 1 is 1.10 bits per heavy atom. The van der Waals surface area contributed by atoms with Crippen LogP contribution in [0.4, 0.5) is 11.8 Å². The lowest BCUT2D eigenvalue weighted by Crippen LogP contribution is -2.12. The molecular formula is C20H19N7O2. The lowest BCUT2D eigenvalue weighted by atomic mass is 10.2. The Morgan fingerprint density at radius 2 is 1.93 bits per heavy atom. The molecule has 0 unspecified atom stereocenters. The number of ether oxygens (including phenoxy) is 2. The van der Waals surface area contributed by atoms with Crippen LogP contribution in [-0.2, 0) is 6.54 Å². The molecule has 0 bridgehead atoms. The van der Waals surface area contributed by atoms with Gasteiger partial charge in [-0.15, -0.1) is 0 Å². The van der Waals surface area contributed by atoms with E-state index in [1.54, 1.807) is 24.8 Å². The molecule has 146 valence electrons. The third-order valence-corrected chi connectivity index (χ3v) is 4.64. The van der Waals surface area contributed by atoms with Crippen LogP contribution in [-0.4, -0.2) is 45.2 Å². The Bertz CT molecular complexity index is 1170. The summed E-state index contributed by atoms with van der Waals surface area (Å²) >= 11 is 0. The maximum atomic E-state index is 5.47. The van der Waals surface area contributed by atoms with Gasteiger partial charge < -0.3 is 19.7 Å². The molecule has 29 heavy (non-hydrogen) atoms. The van der Waals surface area contributed by atoms with E-state index in [-0.39, 0.29) is 6.79 Å². The number of hydrogen-bond donors (Lipinski definition) is 1. The second-order valence-corrected chi connectivity index (χ2v) is 6.82. The molecule has 4 aromatic rings. The molecule has 0 saturated heterocycles. The topological polar surface area (TPSA) is 89.7 Å². The van der Waals surface area contributed by atoms with Crippen LogP contribution in [0.25, 0.3) is 16.9 Å². The zero-order chi connectivity index (χ0) is 19.8. The zero-order valence-corrected chi connectivity index (χ0v) is 16.0. The van der Waals surface area contributed by atoms with Crippen LogP contribution >= 0.6 is 0 Å². The molecule has 0 aliphatic carbocycles. The van der Waals surface area contributed by atoms with E-state index in [1.165, 1.54) is 0 Å². The molecule has 0 atom stereocenters. The van der Waals surface area contributed by atoms with Crippen LogP contribution in [0.5, 0.6) is 11.5 Å². The van der Waals surface area contributed by atoms with E-state index in [0.29, 0.717) is 12.5 Å². The third kappa shape index (κ3) is 3.16. The number of nitrogens with one attached hydrogen (secondary N) is 1. The molecule has 0 radical (unpaired) electrons. The quantitative estimate of drug-likeness (QED) is 0.557. The van der Waals surface area contributed by atoms with Crippen molar-refractivity contribution in [1.29, 1.82) is 0 Å². The zero-order valence-electron chi connectivity index (χ0n) is 16.0. The van der Waals surface area contributed by atoms with Crippen molar-refractivity contribution in [3.05, 3.63) is 54.7 Å². The minimum atomic E-state index is 0.263. The molecule has 5 rings (SSSR count). The fourth-order valence-electron chi connectivity index (χ4n) is 3.19. The third-order valence-electron chi connectivity index (χ3n) is 4.64. The minimum absolute atomic E-state index is 0.263. The highest BCUT2D eigenvalue weighted by Crippen LogP contribution is 2.33. The Labute approximate surface area is 167 Å². The molecule has 0 fully saturated rings. The van der Waals surface area contributed by atoms with E-state index in [2.05, 4.69) is 20.3 Å². The molecule has 0 saturated carbocycles. The van der Waals surface area contributed by atoms with Gasteiger partial charge in [0.1, 0.15) is 11.5 Å². The largest absolute Gasteiger partial charge is 0.454 e. The highest BCUT2D eigenvalue weighted by molar-refractivity contribution is 5.75. The summed E-state index contributed by atoms with van der Waals surface area (Å²) in [7, 11) is 3.81. The van der Waals surface area contributed by atoms with Crippen LogP contribution < -0.4 is 19.7 Å². The van der Waals surface area contributed by atoms with Crippen LogP contribution in [0.1, 0.15) is 5.56 Å². The van der Waals surface area contributed by atoms with Gasteiger partial charge in [-0.1, -0.05) is 6.07 Å². The van der Waals surface area contributed by atoms with E-state index >= 15 is 0 Å². The predicted molar refractivity (Wildman–Crippen MR) is 108 cm³/mol. The maximum Gasteiger partial charge on any atom is 0.231 e. The monoisotopic (exact) mass is 389 g/mol.